The molecule has 2 rings (SSSR count). The van der Waals surface area contributed by atoms with Crippen LogP contribution in [0.25, 0.3) is 0 Å². The zero-order valence-electron chi connectivity index (χ0n) is 14.9. The van der Waals surface area contributed by atoms with Gasteiger partial charge in [0.1, 0.15) is 5.75 Å². The number of hydrogen-bond acceptors (Lipinski definition) is 7. The van der Waals surface area contributed by atoms with E-state index in [9.17, 15) is 24.4 Å². The summed E-state index contributed by atoms with van der Waals surface area (Å²) in [6.07, 6.45) is 2.63. The molecule has 1 heterocycles. The Morgan fingerprint density at radius 1 is 1.36 bits per heavy atom. The fraction of sp³-hybridized carbons (Fsp3) is 0.353. The van der Waals surface area contributed by atoms with Gasteiger partial charge in [-0.2, -0.15) is 0 Å². The summed E-state index contributed by atoms with van der Waals surface area (Å²) < 4.78 is 15.4. The number of carboxylic acids is 1. The van der Waals surface area contributed by atoms with E-state index in [1.807, 2.05) is 0 Å². The van der Waals surface area contributed by atoms with Crippen LogP contribution in [0.15, 0.2) is 41.0 Å². The molecule has 10 nitrogen and oxygen atoms in total. The highest BCUT2D eigenvalue weighted by Crippen LogP contribution is 2.37. The van der Waals surface area contributed by atoms with Gasteiger partial charge in [0.05, 0.1) is 18.6 Å². The molecule has 0 spiro atoms. The first kappa shape index (κ1) is 21.8. The molecule has 11 heteroatoms. The molecule has 1 aromatic rings. The number of phosphoric acid groups is 1. The second-order valence-corrected chi connectivity index (χ2v) is 7.51. The zero-order valence-corrected chi connectivity index (χ0v) is 15.8. The van der Waals surface area contributed by atoms with E-state index < -0.39 is 38.4 Å². The maximum atomic E-state index is 12.4. The molecule has 0 radical (unpaired) electrons. The van der Waals surface area contributed by atoms with Crippen LogP contribution in [0.1, 0.15) is 12.5 Å². The van der Waals surface area contributed by atoms with Crippen molar-refractivity contribution < 1.29 is 38.7 Å². The molecule has 1 aliphatic heterocycles. The SMILES string of the molecule is CC1NC=C(COP(=O)(O)O)C(C=N[C@@H](Cc2ccc(O)cc2)C(=O)O)C1=O. The van der Waals surface area contributed by atoms with Crippen LogP contribution in [0.5, 0.6) is 5.75 Å². The number of aliphatic imine (C=N–C) groups is 1. The Morgan fingerprint density at radius 3 is 2.57 bits per heavy atom. The quantitative estimate of drug-likeness (QED) is 0.304. The fourth-order valence-corrected chi connectivity index (χ4v) is 2.88. The molecule has 2 unspecified atom stereocenters. The van der Waals surface area contributed by atoms with Crippen LogP contribution in [0.2, 0.25) is 0 Å². The van der Waals surface area contributed by atoms with E-state index in [0.29, 0.717) is 5.56 Å². The first-order valence-electron chi connectivity index (χ1n) is 8.29. The van der Waals surface area contributed by atoms with Gasteiger partial charge in [-0.25, -0.2) is 9.36 Å². The number of ketones is 1. The van der Waals surface area contributed by atoms with E-state index in [1.165, 1.54) is 24.5 Å². The number of carbonyl (C=O) groups is 2. The van der Waals surface area contributed by atoms with Gasteiger partial charge in [-0.1, -0.05) is 12.1 Å². The number of hydrogen-bond donors (Lipinski definition) is 5. The van der Waals surface area contributed by atoms with Crippen LogP contribution in [-0.4, -0.2) is 56.7 Å². The Labute approximate surface area is 160 Å². The Hall–Kier alpha value is -2.52. The summed E-state index contributed by atoms with van der Waals surface area (Å²) >= 11 is 0. The molecule has 28 heavy (non-hydrogen) atoms. The third kappa shape index (κ3) is 6.28. The third-order valence-corrected chi connectivity index (χ3v) is 4.58. The smallest absolute Gasteiger partial charge is 0.469 e. The average Bonchev–Trinajstić information content (AvgIpc) is 2.61. The number of phenols is 1. The molecule has 0 aromatic heterocycles. The molecule has 0 aliphatic carbocycles. The van der Waals surface area contributed by atoms with Gasteiger partial charge in [0.15, 0.2) is 11.8 Å². The van der Waals surface area contributed by atoms with E-state index in [4.69, 9.17) is 9.79 Å². The summed E-state index contributed by atoms with van der Waals surface area (Å²) in [5.41, 5.74) is 0.858. The number of carboxylic acid groups (broad SMARTS) is 1. The van der Waals surface area contributed by atoms with Gasteiger partial charge >= 0.3 is 13.8 Å². The van der Waals surface area contributed by atoms with Crippen molar-refractivity contribution in [1.29, 1.82) is 0 Å². The summed E-state index contributed by atoms with van der Waals surface area (Å²) in [6.45, 7) is 1.09. The third-order valence-electron chi connectivity index (χ3n) is 4.12. The summed E-state index contributed by atoms with van der Waals surface area (Å²) in [6, 6.07) is 4.24. The number of nitrogens with zero attached hydrogens (tertiary/aromatic N) is 1. The first-order valence-corrected chi connectivity index (χ1v) is 9.82. The Balaban J connectivity index is 2.19. The molecule has 0 bridgehead atoms. The molecule has 0 saturated heterocycles. The minimum absolute atomic E-state index is 0.0405. The molecule has 0 amide bonds. The predicted molar refractivity (Wildman–Crippen MR) is 98.9 cm³/mol. The van der Waals surface area contributed by atoms with Crippen LogP contribution in [0.3, 0.4) is 0 Å². The Bertz CT molecular complexity index is 830. The maximum absolute atomic E-state index is 12.4. The molecular formula is C17H21N2O8P. The topological polar surface area (TPSA) is 166 Å². The monoisotopic (exact) mass is 412 g/mol. The highest BCUT2D eigenvalue weighted by molar-refractivity contribution is 7.46. The van der Waals surface area contributed by atoms with Crippen LogP contribution >= 0.6 is 7.82 Å². The van der Waals surface area contributed by atoms with Gasteiger partial charge in [0, 0.05) is 12.6 Å². The van der Waals surface area contributed by atoms with Crippen LogP contribution < -0.4 is 5.32 Å². The number of nitrogens with one attached hydrogen (secondary N) is 1. The van der Waals surface area contributed by atoms with Crippen molar-refractivity contribution in [2.75, 3.05) is 6.61 Å². The average molecular weight is 412 g/mol. The molecule has 3 atom stereocenters. The summed E-state index contributed by atoms with van der Waals surface area (Å²) in [5, 5.41) is 21.5. The predicted octanol–water partition coefficient (Wildman–Crippen LogP) is 0.629. The largest absolute Gasteiger partial charge is 0.508 e. The maximum Gasteiger partial charge on any atom is 0.469 e. The first-order chi connectivity index (χ1) is 13.1. The van der Waals surface area contributed by atoms with Crippen LogP contribution in [0, 0.1) is 5.92 Å². The number of phosphoric ester groups is 1. The van der Waals surface area contributed by atoms with Crippen LogP contribution in [0.4, 0.5) is 0 Å². The number of phenolic OH excluding ortho intramolecular Hbond substituents is 1. The molecular weight excluding hydrogens is 391 g/mol. The number of rotatable bonds is 8. The second-order valence-electron chi connectivity index (χ2n) is 6.27. The van der Waals surface area contributed by atoms with Crippen molar-refractivity contribution in [3.8, 4) is 5.75 Å². The van der Waals surface area contributed by atoms with Gasteiger partial charge in [0.25, 0.3) is 0 Å². The van der Waals surface area contributed by atoms with Crippen molar-refractivity contribution in [2.45, 2.75) is 25.4 Å². The standard InChI is InChI=1S/C17H21N2O8P/c1-10-16(21)14(12(7-18-10)9-27-28(24,25)26)8-19-15(17(22)23)6-11-2-4-13(20)5-3-11/h2-5,7-8,10,14-15,18,20H,6,9H2,1H3,(H,22,23)(H2,24,25,26)/t10?,14?,15-/m0/s1. The highest BCUT2D eigenvalue weighted by atomic mass is 31.2. The number of carbonyl (C=O) groups excluding carboxylic acids is 1. The highest BCUT2D eigenvalue weighted by Gasteiger charge is 2.31. The van der Waals surface area contributed by atoms with Gasteiger partial charge in [-0.15, -0.1) is 0 Å². The molecule has 0 fully saturated rings. The summed E-state index contributed by atoms with van der Waals surface area (Å²) in [5.74, 6) is -2.45. The lowest BCUT2D eigenvalue weighted by Crippen LogP contribution is -2.42. The van der Waals surface area contributed by atoms with E-state index >= 15 is 0 Å². The van der Waals surface area contributed by atoms with Crippen molar-refractivity contribution in [1.82, 2.24) is 5.32 Å². The van der Waals surface area contributed by atoms with Gasteiger partial charge in [-0.05, 0) is 36.4 Å². The van der Waals surface area contributed by atoms with Crippen LogP contribution in [-0.2, 0) is 25.1 Å². The minimum Gasteiger partial charge on any atom is -0.508 e. The van der Waals surface area contributed by atoms with Crippen molar-refractivity contribution in [3.63, 3.8) is 0 Å². The van der Waals surface area contributed by atoms with Gasteiger partial charge in [0.2, 0.25) is 0 Å². The molecule has 152 valence electrons. The number of Topliss-reactive ketones (excluding diaryl/α,β-unsaturated/α-hetero) is 1. The number of aromatic hydroxyl groups is 1. The molecule has 5 N–H and O–H groups in total. The Kier molecular flexibility index (Phi) is 7.09. The lowest BCUT2D eigenvalue weighted by atomic mass is 9.90. The number of benzene rings is 1. The van der Waals surface area contributed by atoms with Crippen molar-refractivity contribution in [2.24, 2.45) is 10.9 Å². The second kappa shape index (κ2) is 9.11. The molecule has 1 aliphatic rings. The lowest BCUT2D eigenvalue weighted by Gasteiger charge is -2.26. The van der Waals surface area contributed by atoms with Crippen molar-refractivity contribution >= 4 is 25.8 Å². The van der Waals surface area contributed by atoms with E-state index in [0.717, 1.165) is 0 Å². The van der Waals surface area contributed by atoms with E-state index in [1.54, 1.807) is 19.1 Å². The Morgan fingerprint density at radius 2 is 2.00 bits per heavy atom. The van der Waals surface area contributed by atoms with E-state index in [2.05, 4.69) is 14.8 Å². The summed E-state index contributed by atoms with van der Waals surface area (Å²) in [7, 11) is -4.74. The van der Waals surface area contributed by atoms with Crippen molar-refractivity contribution in [3.05, 3.63) is 41.6 Å². The van der Waals surface area contributed by atoms with Gasteiger partial charge in [-0.3, -0.25) is 14.3 Å². The fourth-order valence-electron chi connectivity index (χ4n) is 2.56. The zero-order chi connectivity index (χ0) is 20.9. The minimum atomic E-state index is -4.74. The van der Waals surface area contributed by atoms with Gasteiger partial charge < -0.3 is 25.3 Å². The molecule has 0 saturated carbocycles. The molecule has 1 aromatic carbocycles. The summed E-state index contributed by atoms with van der Waals surface area (Å²) in [4.78, 5) is 45.7. The normalized spacial score (nSPS) is 21.2. The lowest BCUT2D eigenvalue weighted by molar-refractivity contribution is -0.138. The van der Waals surface area contributed by atoms with E-state index in [-0.39, 0.29) is 23.5 Å². The number of aliphatic carboxylic acids is 1.